The van der Waals surface area contributed by atoms with E-state index < -0.39 is 0 Å². The summed E-state index contributed by atoms with van der Waals surface area (Å²) in [6.45, 7) is 2.01. The second-order valence-electron chi connectivity index (χ2n) is 1.73. The summed E-state index contributed by atoms with van der Waals surface area (Å²) in [6, 6.07) is 0. The summed E-state index contributed by atoms with van der Waals surface area (Å²) >= 11 is 0. The summed E-state index contributed by atoms with van der Waals surface area (Å²) in [7, 11) is 0. The van der Waals surface area contributed by atoms with E-state index in [2.05, 4.69) is 20.0 Å². The van der Waals surface area contributed by atoms with Crippen molar-refractivity contribution in [3.8, 4) is 0 Å². The van der Waals surface area contributed by atoms with E-state index in [-0.39, 0.29) is 0 Å². The highest BCUT2D eigenvalue weighted by atomic mass is 16.5. The lowest BCUT2D eigenvalue weighted by Crippen LogP contribution is -2.09. The highest BCUT2D eigenvalue weighted by molar-refractivity contribution is 5.45. The molecule has 0 atom stereocenters. The van der Waals surface area contributed by atoms with Crippen molar-refractivity contribution in [2.24, 2.45) is 0 Å². The number of hydrogen-bond donors (Lipinski definition) is 1. The highest BCUT2D eigenvalue weighted by Crippen LogP contribution is 1.92. The standard InChI is InChI=1S/C5H7N3O2/c1-4-7-5(10-8-4)2-6-3-9/h3H,2H2,1H3,(H,6,9). The topological polar surface area (TPSA) is 68.0 Å². The molecule has 1 aromatic rings. The summed E-state index contributed by atoms with van der Waals surface area (Å²) in [5.74, 6) is 0.993. The first-order valence-corrected chi connectivity index (χ1v) is 2.79. The van der Waals surface area contributed by atoms with Crippen LogP contribution in [0.5, 0.6) is 0 Å². The number of nitrogens with zero attached hydrogens (tertiary/aromatic N) is 2. The summed E-state index contributed by atoms with van der Waals surface area (Å²) in [6.07, 6.45) is 0.583. The molecule has 5 nitrogen and oxygen atoms in total. The van der Waals surface area contributed by atoms with Crippen molar-refractivity contribution in [2.75, 3.05) is 0 Å². The monoisotopic (exact) mass is 141 g/mol. The Hall–Kier alpha value is -1.39. The molecule has 0 aliphatic carbocycles. The van der Waals surface area contributed by atoms with E-state index in [0.717, 1.165) is 0 Å². The molecular formula is C5H7N3O2. The van der Waals surface area contributed by atoms with Crippen LogP contribution >= 0.6 is 0 Å². The SMILES string of the molecule is Cc1noc(CNC=O)n1. The predicted molar refractivity (Wildman–Crippen MR) is 31.9 cm³/mol. The third-order valence-electron chi connectivity index (χ3n) is 0.906. The lowest BCUT2D eigenvalue weighted by molar-refractivity contribution is -0.109. The zero-order valence-corrected chi connectivity index (χ0v) is 5.50. The molecule has 0 saturated heterocycles. The van der Waals surface area contributed by atoms with Gasteiger partial charge in [-0.05, 0) is 6.92 Å². The van der Waals surface area contributed by atoms with Crippen LogP contribution in [0.15, 0.2) is 4.52 Å². The minimum atomic E-state index is 0.296. The van der Waals surface area contributed by atoms with Crippen molar-refractivity contribution in [2.45, 2.75) is 13.5 Å². The number of amides is 1. The van der Waals surface area contributed by atoms with Crippen molar-refractivity contribution < 1.29 is 9.32 Å². The lowest BCUT2D eigenvalue weighted by Gasteiger charge is -1.86. The maximum absolute atomic E-state index is 9.78. The van der Waals surface area contributed by atoms with E-state index in [1.54, 1.807) is 6.92 Å². The smallest absolute Gasteiger partial charge is 0.246 e. The number of hydrogen-bond acceptors (Lipinski definition) is 4. The van der Waals surface area contributed by atoms with Gasteiger partial charge in [-0.1, -0.05) is 5.16 Å². The molecule has 0 aromatic carbocycles. The van der Waals surface area contributed by atoms with Gasteiger partial charge in [0, 0.05) is 0 Å². The molecule has 10 heavy (non-hydrogen) atoms. The Morgan fingerprint density at radius 1 is 1.80 bits per heavy atom. The zero-order chi connectivity index (χ0) is 7.40. The average Bonchev–Trinajstić information content (AvgIpc) is 2.31. The number of aryl methyl sites for hydroxylation is 1. The first kappa shape index (κ1) is 6.73. The van der Waals surface area contributed by atoms with Gasteiger partial charge < -0.3 is 9.84 Å². The first-order valence-electron chi connectivity index (χ1n) is 2.79. The molecule has 1 aromatic heterocycles. The van der Waals surface area contributed by atoms with Crippen molar-refractivity contribution in [3.63, 3.8) is 0 Å². The van der Waals surface area contributed by atoms with Gasteiger partial charge in [-0.2, -0.15) is 4.98 Å². The third kappa shape index (κ3) is 1.54. The van der Waals surface area contributed by atoms with Crippen LogP contribution in [0.2, 0.25) is 0 Å². The number of carbonyl (C=O) groups is 1. The Bertz CT molecular complexity index is 220. The molecule has 1 heterocycles. The maximum atomic E-state index is 9.78. The summed E-state index contributed by atoms with van der Waals surface area (Å²) in [5.41, 5.74) is 0. The molecule has 0 radical (unpaired) electrons. The van der Waals surface area contributed by atoms with Crippen LogP contribution in [0.1, 0.15) is 11.7 Å². The van der Waals surface area contributed by atoms with E-state index >= 15 is 0 Å². The van der Waals surface area contributed by atoms with Crippen LogP contribution in [0.4, 0.5) is 0 Å². The molecule has 1 N–H and O–H groups in total. The van der Waals surface area contributed by atoms with E-state index in [1.807, 2.05) is 0 Å². The van der Waals surface area contributed by atoms with Crippen LogP contribution in [0.3, 0.4) is 0 Å². The van der Waals surface area contributed by atoms with Gasteiger partial charge in [0.25, 0.3) is 0 Å². The van der Waals surface area contributed by atoms with Crippen molar-refractivity contribution >= 4 is 6.41 Å². The molecular weight excluding hydrogens is 134 g/mol. The van der Waals surface area contributed by atoms with Gasteiger partial charge >= 0.3 is 0 Å². The van der Waals surface area contributed by atoms with E-state index in [0.29, 0.717) is 24.7 Å². The Labute approximate surface area is 57.4 Å². The van der Waals surface area contributed by atoms with Crippen molar-refractivity contribution in [1.29, 1.82) is 0 Å². The summed E-state index contributed by atoms with van der Waals surface area (Å²) in [5, 5.41) is 5.93. The number of carbonyl (C=O) groups excluding carboxylic acids is 1. The second-order valence-corrected chi connectivity index (χ2v) is 1.73. The van der Waals surface area contributed by atoms with Crippen molar-refractivity contribution in [1.82, 2.24) is 15.5 Å². The van der Waals surface area contributed by atoms with Gasteiger partial charge in [0.2, 0.25) is 12.3 Å². The Kier molecular flexibility index (Phi) is 1.99. The molecule has 0 aliphatic rings. The molecule has 1 rings (SSSR count). The Morgan fingerprint density at radius 3 is 3.10 bits per heavy atom. The predicted octanol–water partition coefficient (Wildman–Crippen LogP) is -0.376. The number of nitrogens with one attached hydrogen (secondary N) is 1. The molecule has 0 unspecified atom stereocenters. The first-order chi connectivity index (χ1) is 4.83. The van der Waals surface area contributed by atoms with Gasteiger partial charge in [-0.3, -0.25) is 4.79 Å². The van der Waals surface area contributed by atoms with Gasteiger partial charge in [0.1, 0.15) is 0 Å². The van der Waals surface area contributed by atoms with Crippen LogP contribution < -0.4 is 5.32 Å². The third-order valence-corrected chi connectivity index (χ3v) is 0.906. The molecule has 0 aliphatic heterocycles. The fourth-order valence-corrected chi connectivity index (χ4v) is 0.541. The number of rotatable bonds is 3. The maximum Gasteiger partial charge on any atom is 0.246 e. The van der Waals surface area contributed by atoms with Crippen LogP contribution in [-0.2, 0) is 11.3 Å². The van der Waals surface area contributed by atoms with Crippen LogP contribution in [0.25, 0.3) is 0 Å². The fraction of sp³-hybridized carbons (Fsp3) is 0.400. The second kappa shape index (κ2) is 2.95. The van der Waals surface area contributed by atoms with E-state index in [4.69, 9.17) is 0 Å². The van der Waals surface area contributed by atoms with Crippen molar-refractivity contribution in [3.05, 3.63) is 11.7 Å². The largest absolute Gasteiger partial charge is 0.350 e. The lowest BCUT2D eigenvalue weighted by atomic mass is 10.6. The quantitative estimate of drug-likeness (QED) is 0.583. The molecule has 0 bridgehead atoms. The Morgan fingerprint density at radius 2 is 2.60 bits per heavy atom. The Balaban J connectivity index is 2.49. The minimum absolute atomic E-state index is 0.296. The van der Waals surface area contributed by atoms with Gasteiger partial charge in [0.15, 0.2) is 5.82 Å². The van der Waals surface area contributed by atoms with E-state index in [1.165, 1.54) is 0 Å². The normalized spacial score (nSPS) is 9.30. The van der Waals surface area contributed by atoms with E-state index in [9.17, 15) is 4.79 Å². The van der Waals surface area contributed by atoms with Crippen LogP contribution in [0, 0.1) is 6.92 Å². The zero-order valence-electron chi connectivity index (χ0n) is 5.50. The van der Waals surface area contributed by atoms with Gasteiger partial charge in [-0.15, -0.1) is 0 Å². The molecule has 0 fully saturated rings. The summed E-state index contributed by atoms with van der Waals surface area (Å²) < 4.78 is 4.68. The highest BCUT2D eigenvalue weighted by Gasteiger charge is 1.98. The molecule has 54 valence electrons. The fourth-order valence-electron chi connectivity index (χ4n) is 0.541. The summed E-state index contributed by atoms with van der Waals surface area (Å²) in [4.78, 5) is 13.6. The average molecular weight is 141 g/mol. The molecule has 0 saturated carbocycles. The molecule has 0 spiro atoms. The molecule has 1 amide bonds. The number of aromatic nitrogens is 2. The van der Waals surface area contributed by atoms with Crippen LogP contribution in [-0.4, -0.2) is 16.6 Å². The molecule has 5 heteroatoms. The van der Waals surface area contributed by atoms with Gasteiger partial charge in [0.05, 0.1) is 6.54 Å². The minimum Gasteiger partial charge on any atom is -0.350 e. The van der Waals surface area contributed by atoms with Gasteiger partial charge in [-0.25, -0.2) is 0 Å².